The Bertz CT molecular complexity index is 989. The first-order chi connectivity index (χ1) is 14.1. The number of rotatable bonds is 4. The fourth-order valence-electron chi connectivity index (χ4n) is 3.62. The third-order valence-corrected chi connectivity index (χ3v) is 5.31. The first-order valence-electron chi connectivity index (χ1n) is 9.81. The summed E-state index contributed by atoms with van der Waals surface area (Å²) in [5, 5.41) is 11.7. The molecule has 29 heavy (non-hydrogen) atoms. The molecule has 2 heterocycles. The minimum Gasteiger partial charge on any atom is -0.354 e. The normalized spacial score (nSPS) is 16.5. The van der Waals surface area contributed by atoms with Crippen LogP contribution in [0.5, 0.6) is 0 Å². The van der Waals surface area contributed by atoms with E-state index >= 15 is 0 Å². The molecule has 0 radical (unpaired) electrons. The number of hydrogen-bond acceptors (Lipinski definition) is 4. The predicted octanol–water partition coefficient (Wildman–Crippen LogP) is 4.45. The molecule has 1 saturated heterocycles. The van der Waals surface area contributed by atoms with Gasteiger partial charge in [-0.15, -0.1) is 10.2 Å². The van der Waals surface area contributed by atoms with E-state index in [2.05, 4.69) is 20.4 Å². The Kier molecular flexibility index (Phi) is 5.51. The van der Waals surface area contributed by atoms with Gasteiger partial charge in [0, 0.05) is 24.3 Å². The zero-order chi connectivity index (χ0) is 20.2. The van der Waals surface area contributed by atoms with Crippen LogP contribution in [0.15, 0.2) is 60.7 Å². The van der Waals surface area contributed by atoms with E-state index < -0.39 is 0 Å². The quantitative estimate of drug-likeness (QED) is 0.715. The highest BCUT2D eigenvalue weighted by Crippen LogP contribution is 2.25. The van der Waals surface area contributed by atoms with Crippen molar-refractivity contribution in [2.24, 2.45) is 5.92 Å². The molecule has 148 valence electrons. The van der Waals surface area contributed by atoms with Crippen molar-refractivity contribution in [1.82, 2.24) is 10.2 Å². The van der Waals surface area contributed by atoms with Crippen LogP contribution in [0.2, 0.25) is 0 Å². The highest BCUT2D eigenvalue weighted by atomic mass is 19.1. The van der Waals surface area contributed by atoms with Crippen LogP contribution >= 0.6 is 0 Å². The maximum absolute atomic E-state index is 13.1. The van der Waals surface area contributed by atoms with Gasteiger partial charge in [0.1, 0.15) is 5.82 Å². The molecule has 1 amide bonds. The lowest BCUT2D eigenvalue weighted by Gasteiger charge is -2.32. The van der Waals surface area contributed by atoms with Gasteiger partial charge in [-0.2, -0.15) is 0 Å². The van der Waals surface area contributed by atoms with Crippen molar-refractivity contribution in [2.75, 3.05) is 23.3 Å². The second kappa shape index (κ2) is 8.39. The molecule has 1 N–H and O–H groups in total. The molecule has 0 bridgehead atoms. The summed E-state index contributed by atoms with van der Waals surface area (Å²) in [5.41, 5.74) is 3.42. The van der Waals surface area contributed by atoms with Gasteiger partial charge in [-0.25, -0.2) is 4.39 Å². The number of nitrogens with one attached hydrogen (secondary N) is 1. The molecule has 1 aliphatic rings. The largest absolute Gasteiger partial charge is 0.354 e. The Morgan fingerprint density at radius 3 is 2.59 bits per heavy atom. The van der Waals surface area contributed by atoms with Gasteiger partial charge >= 0.3 is 0 Å². The number of amides is 1. The van der Waals surface area contributed by atoms with Crippen LogP contribution in [-0.4, -0.2) is 29.2 Å². The molecule has 1 fully saturated rings. The number of aryl methyl sites for hydroxylation is 1. The number of para-hydroxylation sites is 1. The zero-order valence-corrected chi connectivity index (χ0v) is 16.3. The Balaban J connectivity index is 1.43. The Morgan fingerprint density at radius 1 is 1.07 bits per heavy atom. The third-order valence-electron chi connectivity index (χ3n) is 5.31. The number of hydrogen-bond donors (Lipinski definition) is 1. The zero-order valence-electron chi connectivity index (χ0n) is 16.3. The minimum absolute atomic E-state index is 0.0416. The van der Waals surface area contributed by atoms with E-state index in [0.29, 0.717) is 12.2 Å². The molecule has 3 aromatic rings. The third kappa shape index (κ3) is 4.42. The predicted molar refractivity (Wildman–Crippen MR) is 112 cm³/mol. The second-order valence-corrected chi connectivity index (χ2v) is 7.37. The summed E-state index contributed by atoms with van der Waals surface area (Å²) in [6.45, 7) is 3.45. The average Bonchev–Trinajstić information content (AvgIpc) is 2.76. The Labute approximate surface area is 169 Å². The molecule has 1 unspecified atom stereocenters. The van der Waals surface area contributed by atoms with Gasteiger partial charge in [-0.1, -0.05) is 18.2 Å². The van der Waals surface area contributed by atoms with Crippen molar-refractivity contribution in [3.05, 3.63) is 72.0 Å². The van der Waals surface area contributed by atoms with Crippen LogP contribution in [0.1, 0.15) is 18.4 Å². The summed E-state index contributed by atoms with van der Waals surface area (Å²) in [6, 6.07) is 17.8. The van der Waals surface area contributed by atoms with E-state index in [1.165, 1.54) is 12.1 Å². The molecule has 6 heteroatoms. The van der Waals surface area contributed by atoms with Gasteiger partial charge in [-0.05, 0) is 67.8 Å². The monoisotopic (exact) mass is 390 g/mol. The molecule has 0 spiro atoms. The molecule has 1 aliphatic heterocycles. The first kappa shape index (κ1) is 19.1. The van der Waals surface area contributed by atoms with Gasteiger partial charge in [-0.3, -0.25) is 4.79 Å². The lowest BCUT2D eigenvalue weighted by Crippen LogP contribution is -2.41. The number of benzene rings is 2. The van der Waals surface area contributed by atoms with Crippen molar-refractivity contribution in [3.63, 3.8) is 0 Å². The van der Waals surface area contributed by atoms with Crippen LogP contribution in [0.3, 0.4) is 0 Å². The molecule has 2 aromatic carbocycles. The molecule has 0 saturated carbocycles. The number of carbonyl (C=O) groups is 1. The van der Waals surface area contributed by atoms with Gasteiger partial charge in [0.2, 0.25) is 5.91 Å². The molecular formula is C23H23FN4O. The molecular weight excluding hydrogens is 367 g/mol. The molecule has 4 rings (SSSR count). The van der Waals surface area contributed by atoms with Crippen molar-refractivity contribution < 1.29 is 9.18 Å². The van der Waals surface area contributed by atoms with E-state index in [4.69, 9.17) is 0 Å². The summed E-state index contributed by atoms with van der Waals surface area (Å²) in [4.78, 5) is 14.9. The van der Waals surface area contributed by atoms with Crippen LogP contribution in [0.4, 0.5) is 15.9 Å². The molecule has 1 atom stereocenters. The first-order valence-corrected chi connectivity index (χ1v) is 9.81. The van der Waals surface area contributed by atoms with Gasteiger partial charge < -0.3 is 10.2 Å². The number of aromatic nitrogens is 2. The number of carbonyl (C=O) groups excluding carboxylic acids is 1. The van der Waals surface area contributed by atoms with E-state index in [0.717, 1.165) is 42.0 Å². The van der Waals surface area contributed by atoms with Gasteiger partial charge in [0.05, 0.1) is 11.6 Å². The van der Waals surface area contributed by atoms with Crippen LogP contribution < -0.4 is 10.2 Å². The van der Waals surface area contributed by atoms with Gasteiger partial charge in [0.15, 0.2) is 5.82 Å². The van der Waals surface area contributed by atoms with Crippen molar-refractivity contribution >= 4 is 17.4 Å². The maximum Gasteiger partial charge on any atom is 0.229 e. The highest BCUT2D eigenvalue weighted by molar-refractivity contribution is 5.93. The number of anilines is 2. The van der Waals surface area contributed by atoms with E-state index in [-0.39, 0.29) is 17.6 Å². The van der Waals surface area contributed by atoms with E-state index in [1.54, 1.807) is 12.1 Å². The fraction of sp³-hybridized carbons (Fsp3) is 0.261. The van der Waals surface area contributed by atoms with Crippen LogP contribution in [-0.2, 0) is 4.79 Å². The topological polar surface area (TPSA) is 58.1 Å². The smallest absolute Gasteiger partial charge is 0.229 e. The molecule has 5 nitrogen and oxygen atoms in total. The van der Waals surface area contributed by atoms with Crippen LogP contribution in [0.25, 0.3) is 11.3 Å². The number of halogens is 1. The van der Waals surface area contributed by atoms with E-state index in [9.17, 15) is 9.18 Å². The standard InChI is InChI=1S/C23H23FN4O/c1-16-5-2-3-7-20(16)25-23(29)18-6-4-14-28(15-18)22-13-12-21(26-27-22)17-8-10-19(24)11-9-17/h2-3,5,7-13,18H,4,6,14-15H2,1H3,(H,25,29). The Morgan fingerprint density at radius 2 is 1.86 bits per heavy atom. The van der Waals surface area contributed by atoms with Gasteiger partial charge in [0.25, 0.3) is 0 Å². The van der Waals surface area contributed by atoms with Crippen LogP contribution in [0, 0.1) is 18.7 Å². The summed E-state index contributed by atoms with van der Waals surface area (Å²) in [6.07, 6.45) is 1.78. The summed E-state index contributed by atoms with van der Waals surface area (Å²) in [5.74, 6) is 0.424. The second-order valence-electron chi connectivity index (χ2n) is 7.37. The van der Waals surface area contributed by atoms with E-state index in [1.807, 2.05) is 43.3 Å². The summed E-state index contributed by atoms with van der Waals surface area (Å²) >= 11 is 0. The molecule has 1 aromatic heterocycles. The van der Waals surface area contributed by atoms with Crippen molar-refractivity contribution in [1.29, 1.82) is 0 Å². The highest BCUT2D eigenvalue weighted by Gasteiger charge is 2.27. The van der Waals surface area contributed by atoms with Crippen molar-refractivity contribution in [3.8, 4) is 11.3 Å². The Hall–Kier alpha value is -3.28. The number of piperidine rings is 1. The minimum atomic E-state index is -0.276. The summed E-state index contributed by atoms with van der Waals surface area (Å²) < 4.78 is 13.1. The average molecular weight is 390 g/mol. The maximum atomic E-state index is 13.1. The SMILES string of the molecule is Cc1ccccc1NC(=O)C1CCCN(c2ccc(-c3ccc(F)cc3)nn2)C1. The number of nitrogens with zero attached hydrogens (tertiary/aromatic N) is 3. The summed E-state index contributed by atoms with van der Waals surface area (Å²) in [7, 11) is 0. The lowest BCUT2D eigenvalue weighted by molar-refractivity contribution is -0.120. The lowest BCUT2D eigenvalue weighted by atomic mass is 9.97. The molecule has 0 aliphatic carbocycles. The van der Waals surface area contributed by atoms with Crippen molar-refractivity contribution in [2.45, 2.75) is 19.8 Å². The fourth-order valence-corrected chi connectivity index (χ4v) is 3.62.